The van der Waals surface area contributed by atoms with E-state index in [0.717, 1.165) is 6.42 Å². The van der Waals surface area contributed by atoms with Crippen LogP contribution in [0.5, 0.6) is 0 Å². The second-order valence-corrected chi connectivity index (χ2v) is 5.20. The van der Waals surface area contributed by atoms with Crippen LogP contribution >= 0.6 is 0 Å². The summed E-state index contributed by atoms with van der Waals surface area (Å²) in [6.07, 6.45) is 24.5. The maximum absolute atomic E-state index is 5.22. The highest BCUT2D eigenvalue weighted by molar-refractivity contribution is 5.76. The summed E-state index contributed by atoms with van der Waals surface area (Å²) in [6, 6.07) is 0. The van der Waals surface area contributed by atoms with E-state index < -0.39 is 0 Å². The van der Waals surface area contributed by atoms with Gasteiger partial charge in [-0.05, 0) is 6.42 Å². The molecule has 0 saturated carbocycles. The van der Waals surface area contributed by atoms with Crippen LogP contribution in [0.15, 0.2) is 0 Å². The van der Waals surface area contributed by atoms with Crippen LogP contribution in [0.2, 0.25) is 0 Å². The van der Waals surface area contributed by atoms with Crippen molar-refractivity contribution in [3.8, 4) is 12.3 Å². The minimum Gasteiger partial charge on any atom is -0.120 e. The Labute approximate surface area is 184 Å². The lowest BCUT2D eigenvalue weighted by Gasteiger charge is -2.02. The highest BCUT2D eigenvalue weighted by Crippen LogP contribution is 2.12. The van der Waals surface area contributed by atoms with E-state index in [0.29, 0.717) is 0 Å². The van der Waals surface area contributed by atoms with Crippen LogP contribution in [-0.4, -0.2) is 75.7 Å². The van der Waals surface area contributed by atoms with E-state index in [1.807, 2.05) is 0 Å². The molecule has 0 atom stereocenters. The van der Waals surface area contributed by atoms with Gasteiger partial charge in [0.25, 0.3) is 0 Å². The van der Waals surface area contributed by atoms with E-state index in [-0.39, 0.29) is 75.7 Å². The van der Waals surface area contributed by atoms with Gasteiger partial charge in [0.15, 0.2) is 0 Å². The van der Waals surface area contributed by atoms with Crippen LogP contribution in [0.25, 0.3) is 0 Å². The summed E-state index contributed by atoms with van der Waals surface area (Å²) < 4.78 is 0. The molecular formula is C17H32B9. The van der Waals surface area contributed by atoms with Crippen molar-refractivity contribution in [2.45, 2.75) is 96.8 Å². The Bertz CT molecular complexity index is 188. The lowest BCUT2D eigenvalue weighted by Crippen LogP contribution is -1.82. The maximum Gasteiger partial charge on any atom is 0.00860 e. The number of rotatable bonds is 13. The predicted molar refractivity (Wildman–Crippen MR) is 131 cm³/mol. The zero-order valence-corrected chi connectivity index (χ0v) is 17.2. The molecule has 0 aromatic heterocycles. The van der Waals surface area contributed by atoms with Gasteiger partial charge in [-0.25, -0.2) is 0 Å². The SMILES string of the molecule is C#CCCCCCCCCCCCCCCC.[B].[B].[B].[B].[B].[B].[B].[B].[B]. The smallest absolute Gasteiger partial charge is 0.00860 e. The predicted octanol–water partition coefficient (Wildman–Crippen LogP) is 2.67. The third-order valence-corrected chi connectivity index (χ3v) is 3.42. The van der Waals surface area contributed by atoms with Gasteiger partial charge in [0.2, 0.25) is 0 Å². The van der Waals surface area contributed by atoms with Crippen LogP contribution < -0.4 is 0 Å². The first-order chi connectivity index (χ1) is 8.41. The van der Waals surface area contributed by atoms with Crippen LogP contribution in [-0.2, 0) is 0 Å². The molecule has 27 radical (unpaired) electrons. The van der Waals surface area contributed by atoms with Crippen LogP contribution in [0.3, 0.4) is 0 Å². The molecule has 0 nitrogen and oxygen atoms in total. The summed E-state index contributed by atoms with van der Waals surface area (Å²) in [5.74, 6) is 2.71. The van der Waals surface area contributed by atoms with Crippen molar-refractivity contribution in [3.05, 3.63) is 0 Å². The maximum atomic E-state index is 5.22. The molecule has 0 amide bonds. The summed E-state index contributed by atoms with van der Waals surface area (Å²) in [5.41, 5.74) is 0. The molecule has 0 saturated heterocycles. The number of terminal acetylenes is 1. The van der Waals surface area contributed by atoms with Crippen LogP contribution in [0.4, 0.5) is 0 Å². The zero-order chi connectivity index (χ0) is 12.6. The fourth-order valence-corrected chi connectivity index (χ4v) is 2.24. The van der Waals surface area contributed by atoms with Crippen molar-refractivity contribution in [1.29, 1.82) is 0 Å². The van der Waals surface area contributed by atoms with Gasteiger partial charge in [-0.2, -0.15) is 0 Å². The van der Waals surface area contributed by atoms with Gasteiger partial charge in [0.1, 0.15) is 0 Å². The lowest BCUT2D eigenvalue weighted by atomic mass is 10.0. The van der Waals surface area contributed by atoms with E-state index >= 15 is 0 Å². The molecule has 0 aromatic carbocycles. The molecule has 0 aromatic rings. The van der Waals surface area contributed by atoms with Gasteiger partial charge in [-0.15, -0.1) is 12.3 Å². The first-order valence-electron chi connectivity index (χ1n) is 7.85. The number of unbranched alkanes of at least 4 members (excludes halogenated alkanes) is 13. The fourth-order valence-electron chi connectivity index (χ4n) is 2.24. The van der Waals surface area contributed by atoms with E-state index in [1.165, 1.54) is 83.5 Å². The Morgan fingerprint density at radius 2 is 0.654 bits per heavy atom. The average molecular weight is 334 g/mol. The quantitative estimate of drug-likeness (QED) is 0.276. The largest absolute Gasteiger partial charge is 0.120 e. The standard InChI is InChI=1S/C17H32.9B/c1-3-5-7-9-11-13-15-17-16-14-12-10-8-6-4-2;;;;;;;;;/h1H,4-17H2,2H3;;;;;;;;;. The summed E-state index contributed by atoms with van der Waals surface area (Å²) in [7, 11) is 0. The van der Waals surface area contributed by atoms with Crippen LogP contribution in [0, 0.1) is 12.3 Å². The van der Waals surface area contributed by atoms with E-state index in [9.17, 15) is 0 Å². The molecule has 9 heteroatoms. The van der Waals surface area contributed by atoms with Crippen molar-refractivity contribution in [3.63, 3.8) is 0 Å². The highest BCUT2D eigenvalue weighted by Gasteiger charge is 1.93. The summed E-state index contributed by atoms with van der Waals surface area (Å²) in [5, 5.41) is 0. The Balaban J connectivity index is -0.0000000356. The fraction of sp³-hybridized carbons (Fsp3) is 0.882. The topological polar surface area (TPSA) is 0 Å². The molecule has 0 N–H and O–H groups in total. The summed E-state index contributed by atoms with van der Waals surface area (Å²) in [6.45, 7) is 2.28. The molecule has 0 aliphatic carbocycles. The molecule has 0 fully saturated rings. The van der Waals surface area contributed by atoms with E-state index in [4.69, 9.17) is 6.42 Å². The Morgan fingerprint density at radius 3 is 0.885 bits per heavy atom. The molecule has 0 spiro atoms. The first kappa shape index (κ1) is 63.4. The molecule has 0 unspecified atom stereocenters. The molecule has 0 heterocycles. The van der Waals surface area contributed by atoms with Gasteiger partial charge in [-0.1, -0.05) is 84.0 Å². The van der Waals surface area contributed by atoms with Crippen LogP contribution in [0.1, 0.15) is 96.8 Å². The number of hydrogen-bond acceptors (Lipinski definition) is 0. The van der Waals surface area contributed by atoms with Gasteiger partial charge in [0.05, 0.1) is 0 Å². The molecule has 0 aliphatic rings. The molecule has 0 bridgehead atoms. The lowest BCUT2D eigenvalue weighted by molar-refractivity contribution is 0.540. The van der Waals surface area contributed by atoms with Crippen molar-refractivity contribution < 1.29 is 0 Å². The second-order valence-electron chi connectivity index (χ2n) is 5.20. The Hall–Kier alpha value is 0.144. The summed E-state index contributed by atoms with van der Waals surface area (Å²) >= 11 is 0. The molecular weight excluding hydrogens is 301 g/mol. The minimum absolute atomic E-state index is 0. The van der Waals surface area contributed by atoms with Crippen molar-refractivity contribution in [2.24, 2.45) is 0 Å². The van der Waals surface area contributed by atoms with Gasteiger partial charge >= 0.3 is 0 Å². The average Bonchev–Trinajstić information content (AvgIpc) is 2.35. The molecule has 0 aliphatic heterocycles. The normalized spacial score (nSPS) is 6.77. The van der Waals surface area contributed by atoms with Crippen molar-refractivity contribution >= 4 is 75.7 Å². The van der Waals surface area contributed by atoms with E-state index in [2.05, 4.69) is 12.8 Å². The third kappa shape index (κ3) is 64.6. The Kier molecular flexibility index (Phi) is 156. The summed E-state index contributed by atoms with van der Waals surface area (Å²) in [4.78, 5) is 0. The minimum atomic E-state index is 0. The molecule has 26 heavy (non-hydrogen) atoms. The van der Waals surface area contributed by atoms with E-state index in [1.54, 1.807) is 0 Å². The van der Waals surface area contributed by atoms with Crippen molar-refractivity contribution in [2.75, 3.05) is 0 Å². The Morgan fingerprint density at radius 1 is 0.423 bits per heavy atom. The molecule has 127 valence electrons. The van der Waals surface area contributed by atoms with Gasteiger partial charge in [0, 0.05) is 82.1 Å². The zero-order valence-electron chi connectivity index (χ0n) is 17.2. The molecule has 0 rings (SSSR count). The first-order valence-corrected chi connectivity index (χ1v) is 7.85. The van der Waals surface area contributed by atoms with Crippen molar-refractivity contribution in [1.82, 2.24) is 0 Å². The van der Waals surface area contributed by atoms with Gasteiger partial charge in [-0.3, -0.25) is 0 Å². The number of hydrogen-bond donors (Lipinski definition) is 0. The second kappa shape index (κ2) is 63.9. The van der Waals surface area contributed by atoms with Gasteiger partial charge < -0.3 is 0 Å². The monoisotopic (exact) mass is 335 g/mol. The third-order valence-electron chi connectivity index (χ3n) is 3.42. The highest BCUT2D eigenvalue weighted by atomic mass is 14.0.